The van der Waals surface area contributed by atoms with Gasteiger partial charge in [0.05, 0.1) is 22.4 Å². The SMILES string of the molecule is CC(=O)Nc1cccc2cccnc12.Nc1cccc2cccnc12. The molecule has 0 unspecified atom stereocenters. The van der Waals surface area contributed by atoms with E-state index in [1.165, 1.54) is 6.92 Å². The first-order valence-corrected chi connectivity index (χ1v) is 7.86. The van der Waals surface area contributed by atoms with Gasteiger partial charge in [-0.25, -0.2) is 0 Å². The Labute approximate surface area is 145 Å². The van der Waals surface area contributed by atoms with Crippen LogP contribution in [0.1, 0.15) is 6.92 Å². The highest BCUT2D eigenvalue weighted by atomic mass is 16.1. The van der Waals surface area contributed by atoms with Crippen LogP contribution in [0, 0.1) is 0 Å². The third-order valence-electron chi connectivity index (χ3n) is 3.61. The summed E-state index contributed by atoms with van der Waals surface area (Å²) in [5, 5.41) is 4.86. The number of anilines is 2. The third kappa shape index (κ3) is 3.90. The summed E-state index contributed by atoms with van der Waals surface area (Å²) in [4.78, 5) is 19.3. The van der Waals surface area contributed by atoms with E-state index < -0.39 is 0 Å². The molecule has 0 saturated carbocycles. The van der Waals surface area contributed by atoms with Crippen molar-refractivity contribution in [3.8, 4) is 0 Å². The average molecular weight is 330 g/mol. The van der Waals surface area contributed by atoms with Crippen molar-refractivity contribution in [2.75, 3.05) is 11.1 Å². The van der Waals surface area contributed by atoms with E-state index in [1.807, 2.05) is 60.7 Å². The number of carbonyl (C=O) groups excluding carboxylic acids is 1. The van der Waals surface area contributed by atoms with E-state index in [1.54, 1.807) is 12.4 Å². The van der Waals surface area contributed by atoms with Gasteiger partial charge in [-0.05, 0) is 24.3 Å². The fraction of sp³-hybridized carbons (Fsp3) is 0.0500. The van der Waals surface area contributed by atoms with Crippen LogP contribution in [0.15, 0.2) is 73.1 Å². The van der Waals surface area contributed by atoms with E-state index in [2.05, 4.69) is 15.3 Å². The standard InChI is InChI=1S/C11H10N2O.C9H8N2/c1-8(14)13-10-6-2-4-9-5-3-7-12-11(9)10;10-8-5-1-3-7-4-2-6-11-9(7)8/h2-7H,1H3,(H,13,14);1-6H,10H2. The number of nitrogen functional groups attached to an aromatic ring is 1. The molecule has 5 heteroatoms. The molecule has 3 N–H and O–H groups in total. The molecular formula is C20H18N4O. The Morgan fingerprint density at radius 3 is 2.04 bits per heavy atom. The molecule has 4 rings (SSSR count). The molecule has 0 spiro atoms. The number of fused-ring (bicyclic) bond motifs is 2. The summed E-state index contributed by atoms with van der Waals surface area (Å²) < 4.78 is 0. The second kappa shape index (κ2) is 7.40. The fourth-order valence-corrected chi connectivity index (χ4v) is 2.52. The van der Waals surface area contributed by atoms with Crippen LogP contribution in [0.25, 0.3) is 21.8 Å². The number of benzene rings is 2. The number of nitrogens with two attached hydrogens (primary N) is 1. The van der Waals surface area contributed by atoms with Gasteiger partial charge in [0, 0.05) is 30.1 Å². The average Bonchev–Trinajstić information content (AvgIpc) is 2.63. The lowest BCUT2D eigenvalue weighted by Gasteiger charge is -2.04. The highest BCUT2D eigenvalue weighted by molar-refractivity contribution is 5.99. The van der Waals surface area contributed by atoms with Crippen molar-refractivity contribution in [3.05, 3.63) is 73.1 Å². The zero-order valence-electron chi connectivity index (χ0n) is 13.8. The molecule has 124 valence electrons. The van der Waals surface area contributed by atoms with E-state index in [4.69, 9.17) is 5.73 Å². The third-order valence-corrected chi connectivity index (χ3v) is 3.61. The fourth-order valence-electron chi connectivity index (χ4n) is 2.52. The molecule has 0 aliphatic carbocycles. The summed E-state index contributed by atoms with van der Waals surface area (Å²) in [6, 6.07) is 19.2. The molecule has 2 aromatic heterocycles. The lowest BCUT2D eigenvalue weighted by Crippen LogP contribution is -2.06. The second-order valence-electron chi connectivity index (χ2n) is 5.48. The molecule has 0 radical (unpaired) electrons. The Morgan fingerprint density at radius 1 is 0.840 bits per heavy atom. The van der Waals surface area contributed by atoms with Crippen LogP contribution in [0.2, 0.25) is 0 Å². The number of amides is 1. The minimum absolute atomic E-state index is 0.0804. The van der Waals surface area contributed by atoms with Crippen molar-refractivity contribution in [1.29, 1.82) is 0 Å². The summed E-state index contributed by atoms with van der Waals surface area (Å²) in [5.74, 6) is -0.0804. The van der Waals surface area contributed by atoms with Crippen LogP contribution >= 0.6 is 0 Å². The molecule has 0 fully saturated rings. The number of nitrogens with one attached hydrogen (secondary N) is 1. The molecular weight excluding hydrogens is 312 g/mol. The van der Waals surface area contributed by atoms with Gasteiger partial charge in [0.2, 0.25) is 5.91 Å². The Balaban J connectivity index is 0.000000150. The molecule has 0 aliphatic rings. The van der Waals surface area contributed by atoms with Crippen LogP contribution in [0.5, 0.6) is 0 Å². The van der Waals surface area contributed by atoms with Crippen LogP contribution in [0.3, 0.4) is 0 Å². The van der Waals surface area contributed by atoms with Gasteiger partial charge in [0.1, 0.15) is 0 Å². The zero-order valence-corrected chi connectivity index (χ0v) is 13.8. The summed E-state index contributed by atoms with van der Waals surface area (Å²) in [6.45, 7) is 1.49. The van der Waals surface area contributed by atoms with Crippen LogP contribution in [-0.4, -0.2) is 15.9 Å². The number of hydrogen-bond acceptors (Lipinski definition) is 4. The first-order valence-electron chi connectivity index (χ1n) is 7.86. The lowest BCUT2D eigenvalue weighted by molar-refractivity contribution is -0.114. The summed E-state index contributed by atoms with van der Waals surface area (Å²) >= 11 is 0. The van der Waals surface area contributed by atoms with Gasteiger partial charge in [-0.2, -0.15) is 0 Å². The van der Waals surface area contributed by atoms with Gasteiger partial charge in [-0.3, -0.25) is 14.8 Å². The maximum absolute atomic E-state index is 10.9. The Morgan fingerprint density at radius 2 is 1.40 bits per heavy atom. The van der Waals surface area contributed by atoms with Crippen LogP contribution in [0.4, 0.5) is 11.4 Å². The molecule has 4 aromatic rings. The zero-order chi connectivity index (χ0) is 17.6. The van der Waals surface area contributed by atoms with E-state index >= 15 is 0 Å². The minimum atomic E-state index is -0.0804. The minimum Gasteiger partial charge on any atom is -0.397 e. The van der Waals surface area contributed by atoms with E-state index in [9.17, 15) is 4.79 Å². The topological polar surface area (TPSA) is 80.9 Å². The summed E-state index contributed by atoms with van der Waals surface area (Å²) in [6.07, 6.45) is 3.46. The summed E-state index contributed by atoms with van der Waals surface area (Å²) in [7, 11) is 0. The number of carbonyl (C=O) groups is 1. The number of aromatic nitrogens is 2. The normalized spacial score (nSPS) is 10.1. The Bertz CT molecular complexity index is 1020. The molecule has 0 bridgehead atoms. The first kappa shape index (κ1) is 16.4. The summed E-state index contributed by atoms with van der Waals surface area (Å²) in [5.41, 5.74) is 8.90. The van der Waals surface area contributed by atoms with E-state index in [-0.39, 0.29) is 5.91 Å². The van der Waals surface area contributed by atoms with Gasteiger partial charge in [-0.1, -0.05) is 36.4 Å². The quantitative estimate of drug-likeness (QED) is 0.517. The molecule has 2 heterocycles. The Kier molecular flexibility index (Phi) is 4.85. The highest BCUT2D eigenvalue weighted by Gasteiger charge is 2.01. The molecule has 2 aromatic carbocycles. The van der Waals surface area contributed by atoms with E-state index in [0.717, 1.165) is 33.2 Å². The number of rotatable bonds is 1. The van der Waals surface area contributed by atoms with Crippen molar-refractivity contribution in [2.45, 2.75) is 6.92 Å². The first-order chi connectivity index (χ1) is 12.1. The largest absolute Gasteiger partial charge is 0.397 e. The maximum atomic E-state index is 10.9. The van der Waals surface area contributed by atoms with E-state index in [0.29, 0.717) is 0 Å². The van der Waals surface area contributed by atoms with Gasteiger partial charge >= 0.3 is 0 Å². The number of pyridine rings is 2. The molecule has 25 heavy (non-hydrogen) atoms. The molecule has 0 aliphatic heterocycles. The molecule has 0 atom stereocenters. The van der Waals surface area contributed by atoms with Crippen molar-refractivity contribution < 1.29 is 4.79 Å². The van der Waals surface area contributed by atoms with Crippen LogP contribution < -0.4 is 11.1 Å². The molecule has 5 nitrogen and oxygen atoms in total. The van der Waals surface area contributed by atoms with Crippen molar-refractivity contribution >= 4 is 39.1 Å². The number of para-hydroxylation sites is 2. The predicted octanol–water partition coefficient (Wildman–Crippen LogP) is 4.01. The Hall–Kier alpha value is -3.47. The van der Waals surface area contributed by atoms with Gasteiger partial charge in [0.25, 0.3) is 0 Å². The van der Waals surface area contributed by atoms with Gasteiger partial charge in [0.15, 0.2) is 0 Å². The number of hydrogen-bond donors (Lipinski definition) is 2. The predicted molar refractivity (Wildman–Crippen MR) is 102 cm³/mol. The molecule has 0 saturated heterocycles. The molecule has 1 amide bonds. The van der Waals surface area contributed by atoms with Gasteiger partial charge in [-0.15, -0.1) is 0 Å². The smallest absolute Gasteiger partial charge is 0.221 e. The highest BCUT2D eigenvalue weighted by Crippen LogP contribution is 2.20. The monoisotopic (exact) mass is 330 g/mol. The van der Waals surface area contributed by atoms with Crippen molar-refractivity contribution in [1.82, 2.24) is 9.97 Å². The van der Waals surface area contributed by atoms with Crippen molar-refractivity contribution in [2.24, 2.45) is 0 Å². The number of nitrogens with zero attached hydrogens (tertiary/aromatic N) is 2. The van der Waals surface area contributed by atoms with Gasteiger partial charge < -0.3 is 11.1 Å². The lowest BCUT2D eigenvalue weighted by atomic mass is 10.2. The van der Waals surface area contributed by atoms with Crippen LogP contribution in [-0.2, 0) is 4.79 Å². The second-order valence-corrected chi connectivity index (χ2v) is 5.48. The maximum Gasteiger partial charge on any atom is 0.221 e. The van der Waals surface area contributed by atoms with Crippen molar-refractivity contribution in [3.63, 3.8) is 0 Å².